The van der Waals surface area contributed by atoms with Gasteiger partial charge < -0.3 is 30.6 Å². The summed E-state index contributed by atoms with van der Waals surface area (Å²) in [6, 6.07) is 4.81. The van der Waals surface area contributed by atoms with Crippen molar-refractivity contribution in [3.63, 3.8) is 0 Å². The maximum atomic E-state index is 10.1. The van der Waals surface area contributed by atoms with Gasteiger partial charge in [0.2, 0.25) is 17.2 Å². The average Bonchev–Trinajstić information content (AvgIpc) is 2.80. The van der Waals surface area contributed by atoms with E-state index in [1.165, 1.54) is 0 Å². The third-order valence-corrected chi connectivity index (χ3v) is 4.23. The minimum Gasteiger partial charge on any atom is -0.504 e. The van der Waals surface area contributed by atoms with Crippen LogP contribution < -0.4 is 0 Å². The molecule has 0 heterocycles. The number of hydrogen-bond donors (Lipinski definition) is 6. The number of fused-ring (bicyclic) bond motifs is 1. The van der Waals surface area contributed by atoms with E-state index in [4.69, 9.17) is 11.6 Å². The Kier molecular flexibility index (Phi) is 3.23. The van der Waals surface area contributed by atoms with Crippen LogP contribution in [0, 0.1) is 0 Å². The second kappa shape index (κ2) is 4.86. The predicted octanol–water partition coefficient (Wildman–Crippen LogP) is 2.44. The second-order valence-electron chi connectivity index (χ2n) is 5.23. The van der Waals surface area contributed by atoms with Crippen molar-refractivity contribution in [2.45, 2.75) is 18.4 Å². The summed E-state index contributed by atoms with van der Waals surface area (Å²) in [5.74, 6) is -5.02. The number of rotatable bonds is 1. The Hall–Kier alpha value is -2.31. The van der Waals surface area contributed by atoms with Gasteiger partial charge in [0.1, 0.15) is 0 Å². The van der Waals surface area contributed by atoms with Crippen LogP contribution in [0.25, 0.3) is 0 Å². The van der Waals surface area contributed by atoms with Gasteiger partial charge in [0, 0.05) is 10.9 Å². The molecule has 3 rings (SSSR count). The number of benzene rings is 2. The molecular weight excluding hydrogens is 312 g/mol. The van der Waals surface area contributed by atoms with Crippen LogP contribution in [0.5, 0.6) is 28.7 Å². The van der Waals surface area contributed by atoms with Crippen molar-refractivity contribution >= 4 is 11.6 Å². The SMILES string of the molecule is Oc1c(O)c(O)c([C@@H]2C[C@H](O)c3cc(Cl)ccc32)c(O)c1O. The normalized spacial score (nSPS) is 20.1. The van der Waals surface area contributed by atoms with Crippen molar-refractivity contribution in [3.8, 4) is 28.7 Å². The summed E-state index contributed by atoms with van der Waals surface area (Å²) in [4.78, 5) is 0. The lowest BCUT2D eigenvalue weighted by atomic mass is 9.90. The van der Waals surface area contributed by atoms with Crippen LogP contribution in [0.1, 0.15) is 35.1 Å². The van der Waals surface area contributed by atoms with Crippen LogP contribution in [0.3, 0.4) is 0 Å². The summed E-state index contributed by atoms with van der Waals surface area (Å²) in [6.07, 6.45) is -0.740. The standard InChI is InChI=1S/C15H13ClO6/c16-5-1-2-6-7(3-5)9(17)4-8(6)10-11(18)13(20)15(22)14(21)12(10)19/h1-3,8-9,17-22H,4H2/t8-,9+/m1/s1. The molecule has 0 unspecified atom stereocenters. The Bertz CT molecular complexity index is 744. The maximum absolute atomic E-state index is 10.1. The van der Waals surface area contributed by atoms with Gasteiger partial charge in [0.15, 0.2) is 11.5 Å². The zero-order valence-corrected chi connectivity index (χ0v) is 11.9. The summed E-state index contributed by atoms with van der Waals surface area (Å²) in [6.45, 7) is 0. The molecular formula is C15H13ClO6. The lowest BCUT2D eigenvalue weighted by Crippen LogP contribution is -1.99. The summed E-state index contributed by atoms with van der Waals surface area (Å²) in [5, 5.41) is 59.3. The van der Waals surface area contributed by atoms with Crippen molar-refractivity contribution < 1.29 is 30.6 Å². The van der Waals surface area contributed by atoms with Crippen LogP contribution in [-0.4, -0.2) is 30.6 Å². The quantitative estimate of drug-likeness (QED) is 0.354. The molecule has 0 bridgehead atoms. The van der Waals surface area contributed by atoms with Gasteiger partial charge in [-0.05, 0) is 29.7 Å². The van der Waals surface area contributed by atoms with Crippen molar-refractivity contribution in [2.75, 3.05) is 0 Å². The molecule has 2 atom stereocenters. The second-order valence-corrected chi connectivity index (χ2v) is 5.67. The molecule has 0 aliphatic heterocycles. The molecule has 1 aliphatic carbocycles. The molecule has 6 N–H and O–H groups in total. The van der Waals surface area contributed by atoms with Crippen LogP contribution >= 0.6 is 11.6 Å². The molecule has 116 valence electrons. The van der Waals surface area contributed by atoms with Crippen molar-refractivity contribution in [1.29, 1.82) is 0 Å². The first kappa shape index (κ1) is 14.6. The number of aliphatic hydroxyl groups is 1. The van der Waals surface area contributed by atoms with E-state index in [0.29, 0.717) is 16.1 Å². The number of phenols is 5. The minimum atomic E-state index is -1.01. The van der Waals surface area contributed by atoms with E-state index < -0.39 is 40.8 Å². The van der Waals surface area contributed by atoms with E-state index in [1.807, 2.05) is 0 Å². The van der Waals surface area contributed by atoms with Crippen LogP contribution in [0.4, 0.5) is 0 Å². The Morgan fingerprint density at radius 1 is 0.818 bits per heavy atom. The van der Waals surface area contributed by atoms with Gasteiger partial charge in [-0.15, -0.1) is 0 Å². The summed E-state index contributed by atoms with van der Waals surface area (Å²) in [5.41, 5.74) is 0.989. The molecule has 0 radical (unpaired) electrons. The Morgan fingerprint density at radius 2 is 1.36 bits per heavy atom. The maximum Gasteiger partial charge on any atom is 0.208 e. The molecule has 0 saturated carbocycles. The Balaban J connectivity index is 2.23. The summed E-state index contributed by atoms with van der Waals surface area (Å²) >= 11 is 5.89. The monoisotopic (exact) mass is 324 g/mol. The minimum absolute atomic E-state index is 0.125. The fourth-order valence-electron chi connectivity index (χ4n) is 2.94. The molecule has 0 fully saturated rings. The van der Waals surface area contributed by atoms with E-state index in [1.54, 1.807) is 18.2 Å². The molecule has 2 aromatic rings. The van der Waals surface area contributed by atoms with Crippen LogP contribution in [0.2, 0.25) is 5.02 Å². The Labute approximate surface area is 130 Å². The molecule has 0 spiro atoms. The molecule has 0 saturated heterocycles. The largest absolute Gasteiger partial charge is 0.504 e. The lowest BCUT2D eigenvalue weighted by molar-refractivity contribution is 0.175. The summed E-state index contributed by atoms with van der Waals surface area (Å²) in [7, 11) is 0. The highest BCUT2D eigenvalue weighted by molar-refractivity contribution is 6.30. The molecule has 6 nitrogen and oxygen atoms in total. The zero-order valence-electron chi connectivity index (χ0n) is 11.2. The first-order chi connectivity index (χ1) is 10.3. The number of aliphatic hydroxyl groups excluding tert-OH is 1. The van der Waals surface area contributed by atoms with E-state index >= 15 is 0 Å². The number of aromatic hydroxyl groups is 5. The van der Waals surface area contributed by atoms with E-state index in [-0.39, 0.29) is 12.0 Å². The van der Waals surface area contributed by atoms with Crippen LogP contribution in [-0.2, 0) is 0 Å². The molecule has 22 heavy (non-hydrogen) atoms. The molecule has 2 aromatic carbocycles. The number of phenolic OH excluding ortho intramolecular Hbond substituents is 5. The number of hydrogen-bond acceptors (Lipinski definition) is 6. The summed E-state index contributed by atoms with van der Waals surface area (Å²) < 4.78 is 0. The average molecular weight is 325 g/mol. The molecule has 7 heteroatoms. The fourth-order valence-corrected chi connectivity index (χ4v) is 3.12. The van der Waals surface area contributed by atoms with Gasteiger partial charge in [-0.3, -0.25) is 0 Å². The van der Waals surface area contributed by atoms with Crippen molar-refractivity contribution in [1.82, 2.24) is 0 Å². The lowest BCUT2D eigenvalue weighted by Gasteiger charge is -2.18. The molecule has 0 aromatic heterocycles. The van der Waals surface area contributed by atoms with E-state index in [9.17, 15) is 30.6 Å². The molecule has 1 aliphatic rings. The van der Waals surface area contributed by atoms with Gasteiger partial charge in [0.25, 0.3) is 0 Å². The van der Waals surface area contributed by atoms with Gasteiger partial charge in [-0.25, -0.2) is 0 Å². The topological polar surface area (TPSA) is 121 Å². The van der Waals surface area contributed by atoms with Crippen molar-refractivity contribution in [2.24, 2.45) is 0 Å². The highest BCUT2D eigenvalue weighted by Gasteiger charge is 2.37. The smallest absolute Gasteiger partial charge is 0.208 e. The number of halogens is 1. The third kappa shape index (κ3) is 1.92. The molecule has 0 amide bonds. The van der Waals surface area contributed by atoms with Crippen molar-refractivity contribution in [3.05, 3.63) is 39.9 Å². The van der Waals surface area contributed by atoms with E-state index in [2.05, 4.69) is 0 Å². The first-order valence-electron chi connectivity index (χ1n) is 6.49. The van der Waals surface area contributed by atoms with Gasteiger partial charge in [0.05, 0.1) is 11.7 Å². The zero-order chi connectivity index (χ0) is 16.2. The Morgan fingerprint density at radius 3 is 1.95 bits per heavy atom. The first-order valence-corrected chi connectivity index (χ1v) is 6.86. The van der Waals surface area contributed by atoms with Gasteiger partial charge in [-0.1, -0.05) is 17.7 Å². The van der Waals surface area contributed by atoms with Gasteiger partial charge >= 0.3 is 0 Å². The fraction of sp³-hybridized carbons (Fsp3) is 0.200. The third-order valence-electron chi connectivity index (χ3n) is 4.00. The highest BCUT2D eigenvalue weighted by atomic mass is 35.5. The highest BCUT2D eigenvalue weighted by Crippen LogP contribution is 2.57. The van der Waals surface area contributed by atoms with Crippen LogP contribution in [0.15, 0.2) is 18.2 Å². The predicted molar refractivity (Wildman–Crippen MR) is 77.6 cm³/mol. The van der Waals surface area contributed by atoms with Gasteiger partial charge in [-0.2, -0.15) is 0 Å². The van der Waals surface area contributed by atoms with E-state index in [0.717, 1.165) is 0 Å².